The van der Waals surface area contributed by atoms with Crippen LogP contribution in [0.15, 0.2) is 35.7 Å². The van der Waals surface area contributed by atoms with Crippen LogP contribution in [-0.2, 0) is 6.61 Å². The Morgan fingerprint density at radius 2 is 2.21 bits per heavy atom. The zero-order valence-corrected chi connectivity index (χ0v) is 10.4. The van der Waals surface area contributed by atoms with Crippen LogP contribution in [0.1, 0.15) is 15.2 Å². The van der Waals surface area contributed by atoms with E-state index < -0.39 is 16.6 Å². The van der Waals surface area contributed by atoms with Gasteiger partial charge in [0.2, 0.25) is 0 Å². The number of nitro groups is 1. The van der Waals surface area contributed by atoms with Crippen LogP contribution >= 0.6 is 11.3 Å². The van der Waals surface area contributed by atoms with Gasteiger partial charge in [0.25, 0.3) is 5.69 Å². The fourth-order valence-corrected chi connectivity index (χ4v) is 2.10. The fourth-order valence-electron chi connectivity index (χ4n) is 1.48. The molecule has 0 amide bonds. The third-order valence-electron chi connectivity index (χ3n) is 2.36. The number of carboxylic acid groups (broad SMARTS) is 1. The third-order valence-corrected chi connectivity index (χ3v) is 3.21. The molecule has 0 fully saturated rings. The normalized spacial score (nSPS) is 10.1. The molecule has 19 heavy (non-hydrogen) atoms. The van der Waals surface area contributed by atoms with Gasteiger partial charge in [0.1, 0.15) is 17.9 Å². The summed E-state index contributed by atoms with van der Waals surface area (Å²) in [5.74, 6) is -1.07. The molecule has 0 aliphatic carbocycles. The van der Waals surface area contributed by atoms with Gasteiger partial charge in [0, 0.05) is 17.0 Å². The summed E-state index contributed by atoms with van der Waals surface area (Å²) >= 11 is 1.51. The summed E-state index contributed by atoms with van der Waals surface area (Å²) < 4.78 is 5.40. The van der Waals surface area contributed by atoms with Gasteiger partial charge in [0.15, 0.2) is 0 Å². The zero-order valence-electron chi connectivity index (χ0n) is 9.61. The van der Waals surface area contributed by atoms with E-state index in [9.17, 15) is 14.9 Å². The first-order valence-electron chi connectivity index (χ1n) is 5.25. The Bertz CT molecular complexity index is 609. The molecule has 0 aliphatic heterocycles. The highest BCUT2D eigenvalue weighted by molar-refractivity contribution is 7.09. The van der Waals surface area contributed by atoms with Gasteiger partial charge < -0.3 is 9.84 Å². The number of hydrogen-bond donors (Lipinski definition) is 1. The summed E-state index contributed by atoms with van der Waals surface area (Å²) in [6, 6.07) is 7.44. The zero-order chi connectivity index (χ0) is 13.8. The minimum Gasteiger partial charge on any atom is -0.488 e. The van der Waals surface area contributed by atoms with Crippen LogP contribution in [0.3, 0.4) is 0 Å². The minimum atomic E-state index is -1.35. The van der Waals surface area contributed by atoms with Crippen molar-refractivity contribution in [1.82, 2.24) is 0 Å². The van der Waals surface area contributed by atoms with Gasteiger partial charge in [-0.25, -0.2) is 4.79 Å². The summed E-state index contributed by atoms with van der Waals surface area (Å²) in [5.41, 5.74) is -0.829. The van der Waals surface area contributed by atoms with Crippen molar-refractivity contribution < 1.29 is 19.6 Å². The molecule has 1 aromatic carbocycles. The third kappa shape index (κ3) is 3.08. The number of carboxylic acids is 1. The summed E-state index contributed by atoms with van der Waals surface area (Å²) in [6.45, 7) is 0.300. The molecule has 0 saturated heterocycles. The Morgan fingerprint density at radius 1 is 1.42 bits per heavy atom. The Hall–Kier alpha value is -2.41. The molecule has 1 heterocycles. The predicted molar refractivity (Wildman–Crippen MR) is 68.7 cm³/mol. The lowest BCUT2D eigenvalue weighted by atomic mass is 10.1. The average Bonchev–Trinajstić information content (AvgIpc) is 2.88. The van der Waals surface area contributed by atoms with E-state index in [2.05, 4.69) is 0 Å². The second kappa shape index (κ2) is 5.49. The van der Waals surface area contributed by atoms with Crippen molar-refractivity contribution in [1.29, 1.82) is 0 Å². The molecule has 0 atom stereocenters. The highest BCUT2D eigenvalue weighted by Crippen LogP contribution is 2.25. The molecule has 1 N–H and O–H groups in total. The Morgan fingerprint density at radius 3 is 2.79 bits per heavy atom. The van der Waals surface area contributed by atoms with E-state index >= 15 is 0 Å². The second-order valence-corrected chi connectivity index (χ2v) is 4.64. The van der Waals surface area contributed by atoms with E-state index in [1.54, 1.807) is 0 Å². The van der Waals surface area contributed by atoms with Crippen molar-refractivity contribution in [3.63, 3.8) is 0 Å². The SMILES string of the molecule is O=C(O)c1cc(OCc2cccs2)ccc1[N+](=O)[O-]. The first kappa shape index (κ1) is 13.0. The maximum atomic E-state index is 11.0. The van der Waals surface area contributed by atoms with Crippen molar-refractivity contribution in [2.45, 2.75) is 6.61 Å². The summed E-state index contributed by atoms with van der Waals surface area (Å²) in [7, 11) is 0. The van der Waals surface area contributed by atoms with Gasteiger partial charge in [-0.1, -0.05) is 6.07 Å². The van der Waals surface area contributed by atoms with E-state index in [0.29, 0.717) is 6.61 Å². The standard InChI is InChI=1S/C12H9NO5S/c14-12(15)10-6-8(3-4-11(10)13(16)17)18-7-9-2-1-5-19-9/h1-6H,7H2,(H,14,15). The van der Waals surface area contributed by atoms with E-state index in [0.717, 1.165) is 17.0 Å². The van der Waals surface area contributed by atoms with Gasteiger partial charge in [0.05, 0.1) is 4.92 Å². The van der Waals surface area contributed by atoms with E-state index in [1.165, 1.54) is 17.4 Å². The number of benzene rings is 1. The van der Waals surface area contributed by atoms with Crippen LogP contribution in [0.2, 0.25) is 0 Å². The van der Waals surface area contributed by atoms with Crippen LogP contribution in [0.25, 0.3) is 0 Å². The van der Waals surface area contributed by atoms with Gasteiger partial charge in [-0.3, -0.25) is 10.1 Å². The topological polar surface area (TPSA) is 89.7 Å². The Labute approximate surface area is 112 Å². The van der Waals surface area contributed by atoms with Crippen LogP contribution in [0.4, 0.5) is 5.69 Å². The van der Waals surface area contributed by atoms with Gasteiger partial charge >= 0.3 is 5.97 Å². The molecule has 7 heteroatoms. The number of nitrogens with zero attached hydrogens (tertiary/aromatic N) is 1. The van der Waals surface area contributed by atoms with Crippen molar-refractivity contribution in [3.05, 3.63) is 56.3 Å². The quantitative estimate of drug-likeness (QED) is 0.671. The van der Waals surface area contributed by atoms with Gasteiger partial charge in [-0.2, -0.15) is 0 Å². The number of thiophene rings is 1. The van der Waals surface area contributed by atoms with E-state index in [1.807, 2.05) is 17.5 Å². The maximum Gasteiger partial charge on any atom is 0.342 e. The second-order valence-electron chi connectivity index (χ2n) is 3.61. The first-order chi connectivity index (χ1) is 9.08. The van der Waals surface area contributed by atoms with Crippen LogP contribution in [0.5, 0.6) is 5.75 Å². The van der Waals surface area contributed by atoms with E-state index in [4.69, 9.17) is 9.84 Å². The van der Waals surface area contributed by atoms with Crippen LogP contribution in [0, 0.1) is 10.1 Å². The molecule has 0 radical (unpaired) electrons. The molecule has 0 saturated carbocycles. The number of rotatable bonds is 5. The molecule has 2 aromatic rings. The van der Waals surface area contributed by atoms with Gasteiger partial charge in [-0.05, 0) is 17.5 Å². The van der Waals surface area contributed by atoms with Crippen LogP contribution < -0.4 is 4.74 Å². The molecular formula is C12H9NO5S. The molecule has 1 aromatic heterocycles. The molecule has 6 nitrogen and oxygen atoms in total. The molecule has 2 rings (SSSR count). The van der Waals surface area contributed by atoms with E-state index in [-0.39, 0.29) is 11.3 Å². The largest absolute Gasteiger partial charge is 0.488 e. The summed E-state index contributed by atoms with van der Waals surface area (Å²) in [5, 5.41) is 21.5. The smallest absolute Gasteiger partial charge is 0.342 e. The number of ether oxygens (including phenoxy) is 1. The molecule has 0 spiro atoms. The molecule has 0 unspecified atom stereocenters. The first-order valence-corrected chi connectivity index (χ1v) is 6.13. The number of carbonyl (C=O) groups is 1. The monoisotopic (exact) mass is 279 g/mol. The molecule has 0 aliphatic rings. The molecular weight excluding hydrogens is 270 g/mol. The van der Waals surface area contributed by atoms with Crippen molar-refractivity contribution in [2.24, 2.45) is 0 Å². The molecule has 98 valence electrons. The summed E-state index contributed by atoms with van der Waals surface area (Å²) in [4.78, 5) is 21.9. The summed E-state index contributed by atoms with van der Waals surface area (Å²) in [6.07, 6.45) is 0. The van der Waals surface area contributed by atoms with Crippen LogP contribution in [-0.4, -0.2) is 16.0 Å². The highest BCUT2D eigenvalue weighted by Gasteiger charge is 2.20. The minimum absolute atomic E-state index is 0.288. The predicted octanol–water partition coefficient (Wildman–Crippen LogP) is 2.93. The van der Waals surface area contributed by atoms with Crippen molar-refractivity contribution >= 4 is 23.0 Å². The fraction of sp³-hybridized carbons (Fsp3) is 0.0833. The average molecular weight is 279 g/mol. The van der Waals surface area contributed by atoms with Gasteiger partial charge in [-0.15, -0.1) is 11.3 Å². The highest BCUT2D eigenvalue weighted by atomic mass is 32.1. The number of aromatic carboxylic acids is 1. The lowest BCUT2D eigenvalue weighted by Crippen LogP contribution is -2.03. The Balaban J connectivity index is 2.20. The lowest BCUT2D eigenvalue weighted by molar-refractivity contribution is -0.385. The van der Waals surface area contributed by atoms with Crippen molar-refractivity contribution in [2.75, 3.05) is 0 Å². The lowest BCUT2D eigenvalue weighted by Gasteiger charge is -2.05. The maximum absolute atomic E-state index is 11.0. The Kier molecular flexibility index (Phi) is 3.76. The van der Waals surface area contributed by atoms with Crippen molar-refractivity contribution in [3.8, 4) is 5.75 Å². The molecule has 0 bridgehead atoms. The number of hydrogen-bond acceptors (Lipinski definition) is 5. The number of nitro benzene ring substituents is 1.